The van der Waals surface area contributed by atoms with Crippen LogP contribution < -0.4 is 14.7 Å². The van der Waals surface area contributed by atoms with E-state index >= 15 is 0 Å². The van der Waals surface area contributed by atoms with E-state index < -0.39 is 5.41 Å². The highest BCUT2D eigenvalue weighted by atomic mass is 15.2. The van der Waals surface area contributed by atoms with E-state index in [1.807, 2.05) is 0 Å². The van der Waals surface area contributed by atoms with Crippen molar-refractivity contribution in [3.63, 3.8) is 0 Å². The Morgan fingerprint density at radius 2 is 0.566 bits per heavy atom. The second kappa shape index (κ2) is 17.6. The van der Waals surface area contributed by atoms with Crippen molar-refractivity contribution in [3.8, 4) is 22.3 Å². The van der Waals surface area contributed by atoms with Gasteiger partial charge in [0.1, 0.15) is 0 Å². The van der Waals surface area contributed by atoms with Gasteiger partial charge < -0.3 is 14.7 Å². The van der Waals surface area contributed by atoms with E-state index in [0.29, 0.717) is 0 Å². The second-order valence-corrected chi connectivity index (χ2v) is 20.0. The summed E-state index contributed by atoms with van der Waals surface area (Å²) in [5.41, 5.74) is 19.3. The first-order valence-electron chi connectivity index (χ1n) is 26.3. The van der Waals surface area contributed by atoms with Crippen molar-refractivity contribution in [1.29, 1.82) is 0 Å². The van der Waals surface area contributed by atoms with Crippen molar-refractivity contribution in [2.24, 2.45) is 0 Å². The molecule has 0 aromatic heterocycles. The van der Waals surface area contributed by atoms with Gasteiger partial charge >= 0.3 is 0 Å². The molecule has 0 aliphatic heterocycles. The van der Waals surface area contributed by atoms with Gasteiger partial charge in [0.2, 0.25) is 0 Å². The summed E-state index contributed by atoms with van der Waals surface area (Å²) in [4.78, 5) is 7.41. The molecule has 0 atom stereocenters. The number of fused-ring (bicyclic) bond motifs is 13. The first-order chi connectivity index (χ1) is 37.7. The summed E-state index contributed by atoms with van der Waals surface area (Å²) in [5.74, 6) is 0. The predicted molar refractivity (Wildman–Crippen MR) is 319 cm³/mol. The van der Waals surface area contributed by atoms with Crippen LogP contribution in [0.3, 0.4) is 0 Å². The van der Waals surface area contributed by atoms with Crippen molar-refractivity contribution >= 4 is 83.5 Å². The van der Waals surface area contributed by atoms with Crippen molar-refractivity contribution in [2.75, 3.05) is 14.7 Å². The number of hydrogen-bond acceptors (Lipinski definition) is 3. The molecule has 0 amide bonds. The predicted octanol–water partition coefficient (Wildman–Crippen LogP) is 19.9. The van der Waals surface area contributed by atoms with Crippen molar-refractivity contribution in [2.45, 2.75) is 5.41 Å². The van der Waals surface area contributed by atoms with Crippen LogP contribution in [-0.4, -0.2) is 0 Å². The Labute approximate surface area is 443 Å². The molecule has 2 aliphatic carbocycles. The topological polar surface area (TPSA) is 9.72 Å². The molecule has 356 valence electrons. The third-order valence-corrected chi connectivity index (χ3v) is 16.0. The van der Waals surface area contributed by atoms with E-state index in [0.717, 1.165) is 51.2 Å². The second-order valence-electron chi connectivity index (χ2n) is 20.0. The Balaban J connectivity index is 1.04. The molecule has 13 aromatic rings. The molecule has 0 heterocycles. The summed E-state index contributed by atoms with van der Waals surface area (Å²) < 4.78 is 0. The summed E-state index contributed by atoms with van der Waals surface area (Å²) in [6, 6.07) is 110. The largest absolute Gasteiger partial charge is 0.310 e. The lowest BCUT2D eigenvalue weighted by Crippen LogP contribution is -2.27. The molecule has 0 unspecified atom stereocenters. The van der Waals surface area contributed by atoms with Crippen LogP contribution >= 0.6 is 0 Å². The van der Waals surface area contributed by atoms with Crippen molar-refractivity contribution < 1.29 is 0 Å². The first kappa shape index (κ1) is 43.6. The molecule has 76 heavy (non-hydrogen) atoms. The van der Waals surface area contributed by atoms with E-state index in [-0.39, 0.29) is 0 Å². The summed E-state index contributed by atoms with van der Waals surface area (Å²) in [5, 5.41) is 7.19. The van der Waals surface area contributed by atoms with Gasteiger partial charge in [0.05, 0.1) is 28.2 Å². The lowest BCUT2D eigenvalue weighted by molar-refractivity contribution is 0.793. The third kappa shape index (κ3) is 6.62. The number of rotatable bonds is 9. The molecule has 2 aliphatic rings. The Hall–Kier alpha value is -9.96. The zero-order chi connectivity index (χ0) is 50.2. The minimum atomic E-state index is -0.734. The standard InChI is InChI=1S/C73H49N3/c1-4-28-53(29-5-1)74(68-40-18-25-50-22-10-13-34-58(50)68)56-44-46-61-62-47-45-57(75(54-30-6-2-7-31-54)69-41-19-26-51-23-11-14-35-59(51)69)49-67(62)73(66(61)48-56)64-38-17-16-37-63(64)72-65(73)39-21-43-71(72)76(55-32-8-3-9-33-55)70-42-20-27-52-24-12-15-36-60(52)70/h1-49H. The molecule has 15 rings (SSSR count). The number of nitrogens with zero attached hydrogens (tertiary/aromatic N) is 3. The highest BCUT2D eigenvalue weighted by Gasteiger charge is 2.53. The fourth-order valence-corrected chi connectivity index (χ4v) is 12.9. The maximum Gasteiger partial charge on any atom is 0.0727 e. The number of anilines is 9. The minimum absolute atomic E-state index is 0.734. The van der Waals surface area contributed by atoms with Gasteiger partial charge in [-0.25, -0.2) is 0 Å². The van der Waals surface area contributed by atoms with Crippen LogP contribution in [0.25, 0.3) is 54.6 Å². The van der Waals surface area contributed by atoms with Crippen LogP contribution in [0.4, 0.5) is 51.2 Å². The minimum Gasteiger partial charge on any atom is -0.310 e. The average Bonchev–Trinajstić information content (AvgIpc) is 4.14. The summed E-state index contributed by atoms with van der Waals surface area (Å²) in [6.07, 6.45) is 0. The Morgan fingerprint density at radius 3 is 1.05 bits per heavy atom. The first-order valence-corrected chi connectivity index (χ1v) is 26.3. The summed E-state index contributed by atoms with van der Waals surface area (Å²) in [6.45, 7) is 0. The lowest BCUT2D eigenvalue weighted by atomic mass is 9.70. The van der Waals surface area contributed by atoms with Crippen LogP contribution in [0.2, 0.25) is 0 Å². The molecule has 1 spiro atoms. The van der Waals surface area contributed by atoms with Gasteiger partial charge in [-0.05, 0) is 140 Å². The lowest BCUT2D eigenvalue weighted by Gasteiger charge is -2.34. The van der Waals surface area contributed by atoms with Crippen LogP contribution in [0.5, 0.6) is 0 Å². The SMILES string of the molecule is c1ccc(N(c2ccc3c(c2)C2(c4cc(N(c5ccccc5)c5cccc6ccccc56)ccc4-3)c3ccccc3-c3c(N(c4ccccc4)c4cccc5ccccc45)cccc32)c2cccc3ccccc23)cc1. The molecule has 0 saturated heterocycles. The van der Waals surface area contributed by atoms with Gasteiger partial charge in [-0.2, -0.15) is 0 Å². The zero-order valence-electron chi connectivity index (χ0n) is 41.6. The van der Waals surface area contributed by atoms with Crippen LogP contribution in [0, 0.1) is 0 Å². The summed E-state index contributed by atoms with van der Waals surface area (Å²) >= 11 is 0. The number of hydrogen-bond donors (Lipinski definition) is 0. The molecule has 0 radical (unpaired) electrons. The quantitative estimate of drug-likeness (QED) is 0.143. The maximum absolute atomic E-state index is 2.52. The molecule has 0 bridgehead atoms. The molecule has 0 saturated carbocycles. The maximum atomic E-state index is 2.52. The molecular formula is C73H49N3. The Morgan fingerprint density at radius 1 is 0.211 bits per heavy atom. The highest BCUT2D eigenvalue weighted by molar-refractivity contribution is 6.07. The third-order valence-electron chi connectivity index (χ3n) is 16.0. The van der Waals surface area contributed by atoms with E-state index in [9.17, 15) is 0 Å². The van der Waals surface area contributed by atoms with E-state index in [1.165, 1.54) is 76.8 Å². The Bertz CT molecular complexity index is 4180. The van der Waals surface area contributed by atoms with Crippen LogP contribution in [-0.2, 0) is 5.41 Å². The van der Waals surface area contributed by atoms with Gasteiger partial charge in [0.25, 0.3) is 0 Å². The Kier molecular flexibility index (Phi) is 10.1. The smallest absolute Gasteiger partial charge is 0.0727 e. The fourth-order valence-electron chi connectivity index (χ4n) is 12.9. The number of para-hydroxylation sites is 3. The highest BCUT2D eigenvalue weighted by Crippen LogP contribution is 2.66. The van der Waals surface area contributed by atoms with Gasteiger partial charge in [0.15, 0.2) is 0 Å². The van der Waals surface area contributed by atoms with Gasteiger partial charge in [-0.15, -0.1) is 0 Å². The van der Waals surface area contributed by atoms with E-state index in [1.54, 1.807) is 0 Å². The van der Waals surface area contributed by atoms with Gasteiger partial charge in [0, 0.05) is 50.2 Å². The van der Waals surface area contributed by atoms with Gasteiger partial charge in [-0.1, -0.05) is 212 Å². The normalized spacial score (nSPS) is 12.6. The van der Waals surface area contributed by atoms with Crippen molar-refractivity contribution in [3.05, 3.63) is 320 Å². The monoisotopic (exact) mass is 967 g/mol. The number of benzene rings is 13. The molecule has 0 N–H and O–H groups in total. The fraction of sp³-hybridized carbons (Fsp3) is 0.0137. The molecule has 13 aromatic carbocycles. The van der Waals surface area contributed by atoms with Crippen LogP contribution in [0.1, 0.15) is 22.3 Å². The van der Waals surface area contributed by atoms with Gasteiger partial charge in [-0.3, -0.25) is 0 Å². The average molecular weight is 968 g/mol. The van der Waals surface area contributed by atoms with E-state index in [2.05, 4.69) is 312 Å². The van der Waals surface area contributed by atoms with Crippen molar-refractivity contribution in [1.82, 2.24) is 0 Å². The molecular weight excluding hydrogens is 919 g/mol. The molecule has 0 fully saturated rings. The zero-order valence-corrected chi connectivity index (χ0v) is 41.6. The summed E-state index contributed by atoms with van der Waals surface area (Å²) in [7, 11) is 0. The molecule has 3 heteroatoms. The van der Waals surface area contributed by atoms with Crippen LogP contribution in [0.15, 0.2) is 297 Å². The molecule has 3 nitrogen and oxygen atoms in total. The van der Waals surface area contributed by atoms with E-state index in [4.69, 9.17) is 0 Å².